The summed E-state index contributed by atoms with van der Waals surface area (Å²) in [7, 11) is 0. The van der Waals surface area contributed by atoms with Gasteiger partial charge in [-0.25, -0.2) is 9.59 Å². The van der Waals surface area contributed by atoms with Gasteiger partial charge in [-0.3, -0.25) is 9.36 Å². The fourth-order valence-electron chi connectivity index (χ4n) is 3.10. The number of carboxylic acids is 1. The minimum Gasteiger partial charge on any atom is -0.478 e. The van der Waals surface area contributed by atoms with E-state index < -0.39 is 11.7 Å². The summed E-state index contributed by atoms with van der Waals surface area (Å²) < 4.78 is 2.34. The number of hydrogen-bond acceptors (Lipinski definition) is 4. The summed E-state index contributed by atoms with van der Waals surface area (Å²) in [6.45, 7) is 3.61. The normalized spacial score (nSPS) is 10.3. The Bertz CT molecular complexity index is 1210. The van der Waals surface area contributed by atoms with Crippen LogP contribution >= 0.6 is 0 Å². The van der Waals surface area contributed by atoms with Crippen molar-refractivity contribution in [2.24, 2.45) is 0 Å². The minimum absolute atomic E-state index is 0.174. The summed E-state index contributed by atoms with van der Waals surface area (Å²) >= 11 is 0. The summed E-state index contributed by atoms with van der Waals surface area (Å²) in [4.78, 5) is 36.2. The van der Waals surface area contributed by atoms with E-state index in [9.17, 15) is 19.5 Å². The monoisotopic (exact) mass is 403 g/mol. The number of carboxylic acid groups (broad SMARTS) is 1. The van der Waals surface area contributed by atoms with Crippen molar-refractivity contribution >= 4 is 11.9 Å². The van der Waals surface area contributed by atoms with Crippen molar-refractivity contribution in [3.05, 3.63) is 76.0 Å². The first-order chi connectivity index (χ1) is 14.5. The first kappa shape index (κ1) is 20.8. The molecule has 1 heterocycles. The molecule has 0 spiro atoms. The molecule has 0 saturated heterocycles. The zero-order valence-electron chi connectivity index (χ0n) is 16.8. The largest absolute Gasteiger partial charge is 0.478 e. The van der Waals surface area contributed by atoms with Crippen molar-refractivity contribution in [3.63, 3.8) is 0 Å². The topological polar surface area (TPSA) is 94.2 Å². The second kappa shape index (κ2) is 9.05. The fraction of sp³-hybridized carbons (Fsp3) is 0.217. The summed E-state index contributed by atoms with van der Waals surface area (Å²) in [5, 5.41) is 13.6. The fourth-order valence-corrected chi connectivity index (χ4v) is 3.10. The lowest BCUT2D eigenvalue weighted by molar-refractivity contribution is 0.0697. The highest BCUT2D eigenvalue weighted by Gasteiger charge is 2.17. The van der Waals surface area contributed by atoms with Crippen LogP contribution in [0, 0.1) is 11.8 Å². The zero-order chi connectivity index (χ0) is 21.7. The predicted octanol–water partition coefficient (Wildman–Crippen LogP) is 3.07. The van der Waals surface area contributed by atoms with Gasteiger partial charge in [0.05, 0.1) is 18.5 Å². The molecule has 0 aliphatic rings. The zero-order valence-corrected chi connectivity index (χ0v) is 16.8. The van der Waals surface area contributed by atoms with Crippen molar-refractivity contribution < 1.29 is 14.7 Å². The maximum Gasteiger partial charge on any atom is 0.353 e. The Morgan fingerprint density at radius 2 is 1.80 bits per heavy atom. The average molecular weight is 403 g/mol. The van der Waals surface area contributed by atoms with Crippen LogP contribution in [0.25, 0.3) is 11.1 Å². The number of nitrogens with zero attached hydrogens (tertiary/aromatic N) is 3. The van der Waals surface area contributed by atoms with Crippen LogP contribution in [-0.2, 0) is 13.0 Å². The van der Waals surface area contributed by atoms with Crippen LogP contribution in [0.15, 0.2) is 53.3 Å². The Labute approximate surface area is 173 Å². The summed E-state index contributed by atoms with van der Waals surface area (Å²) in [5.74, 6) is 4.72. The van der Waals surface area contributed by atoms with Crippen LogP contribution in [0.4, 0.5) is 0 Å². The van der Waals surface area contributed by atoms with Gasteiger partial charge in [0, 0.05) is 6.42 Å². The third kappa shape index (κ3) is 4.23. The summed E-state index contributed by atoms with van der Waals surface area (Å²) in [5.41, 5.74) is 1.94. The molecule has 0 bridgehead atoms. The molecule has 0 radical (unpaired) electrons. The van der Waals surface area contributed by atoms with Gasteiger partial charge in [-0.05, 0) is 29.7 Å². The Kier molecular flexibility index (Phi) is 6.28. The maximum atomic E-state index is 12.7. The Hall–Kier alpha value is -3.92. The van der Waals surface area contributed by atoms with Crippen LogP contribution in [0.1, 0.15) is 46.8 Å². The smallest absolute Gasteiger partial charge is 0.353 e. The van der Waals surface area contributed by atoms with Crippen molar-refractivity contribution in [1.82, 2.24) is 14.3 Å². The van der Waals surface area contributed by atoms with Gasteiger partial charge in [-0.1, -0.05) is 55.3 Å². The van der Waals surface area contributed by atoms with Gasteiger partial charge in [0.1, 0.15) is 5.82 Å². The first-order valence-corrected chi connectivity index (χ1v) is 9.49. The molecule has 30 heavy (non-hydrogen) atoms. The van der Waals surface area contributed by atoms with E-state index in [-0.39, 0.29) is 30.9 Å². The highest BCUT2D eigenvalue weighted by molar-refractivity contribution is 5.96. The SMILES string of the molecule is CC#CCc1nn(C(=O)CC)c(=O)n1Cc1ccc(-c2ccccc2C(=O)O)cc1. The van der Waals surface area contributed by atoms with E-state index in [1.807, 2.05) is 24.3 Å². The third-order valence-electron chi connectivity index (χ3n) is 4.66. The number of hydrogen-bond donors (Lipinski definition) is 1. The molecule has 0 aliphatic heterocycles. The molecule has 7 nitrogen and oxygen atoms in total. The number of carbonyl (C=O) groups is 2. The molecule has 7 heteroatoms. The Morgan fingerprint density at radius 1 is 1.10 bits per heavy atom. The molecular formula is C23H21N3O4. The van der Waals surface area contributed by atoms with Gasteiger partial charge in [-0.2, -0.15) is 0 Å². The first-order valence-electron chi connectivity index (χ1n) is 9.49. The van der Waals surface area contributed by atoms with Crippen molar-refractivity contribution in [2.75, 3.05) is 0 Å². The molecule has 1 N–H and O–H groups in total. The number of aromatic nitrogens is 3. The minimum atomic E-state index is -0.990. The van der Waals surface area contributed by atoms with E-state index in [1.165, 1.54) is 4.57 Å². The molecule has 1 aromatic heterocycles. The maximum absolute atomic E-state index is 12.7. The van der Waals surface area contributed by atoms with Gasteiger partial charge in [0.25, 0.3) is 5.91 Å². The average Bonchev–Trinajstić information content (AvgIpc) is 3.07. The molecule has 0 fully saturated rings. The van der Waals surface area contributed by atoms with E-state index >= 15 is 0 Å². The predicted molar refractivity (Wildman–Crippen MR) is 112 cm³/mol. The standard InChI is InChI=1S/C23H21N3O4/c1-3-5-10-20-24-26(21(27)4-2)23(30)25(20)15-16-11-13-17(14-12-16)18-8-6-7-9-19(18)22(28)29/h6-9,11-14H,4,10,15H2,1-2H3,(H,28,29). The highest BCUT2D eigenvalue weighted by Crippen LogP contribution is 2.24. The van der Waals surface area contributed by atoms with Crippen molar-refractivity contribution in [2.45, 2.75) is 33.2 Å². The second-order valence-electron chi connectivity index (χ2n) is 6.60. The molecule has 3 aromatic rings. The molecule has 3 rings (SSSR count). The molecule has 0 amide bonds. The molecule has 2 aromatic carbocycles. The Balaban J connectivity index is 1.95. The molecule has 0 atom stereocenters. The second-order valence-corrected chi connectivity index (χ2v) is 6.60. The number of benzene rings is 2. The van der Waals surface area contributed by atoms with Gasteiger partial charge < -0.3 is 5.11 Å². The van der Waals surface area contributed by atoms with Crippen LogP contribution in [0.3, 0.4) is 0 Å². The van der Waals surface area contributed by atoms with Crippen molar-refractivity contribution in [1.29, 1.82) is 0 Å². The van der Waals surface area contributed by atoms with Crippen molar-refractivity contribution in [3.8, 4) is 23.0 Å². The number of carbonyl (C=O) groups excluding carboxylic acids is 1. The van der Waals surface area contributed by atoms with E-state index in [0.29, 0.717) is 11.4 Å². The third-order valence-corrected chi connectivity index (χ3v) is 4.66. The summed E-state index contributed by atoms with van der Waals surface area (Å²) in [6, 6.07) is 14.1. The van der Waals surface area contributed by atoms with Gasteiger partial charge in [0.2, 0.25) is 0 Å². The molecule has 0 aliphatic carbocycles. The lowest BCUT2D eigenvalue weighted by Crippen LogP contribution is -2.30. The lowest BCUT2D eigenvalue weighted by Gasteiger charge is -2.08. The number of aromatic carboxylic acids is 1. The highest BCUT2D eigenvalue weighted by atomic mass is 16.4. The van der Waals surface area contributed by atoms with Crippen LogP contribution in [-0.4, -0.2) is 31.3 Å². The van der Waals surface area contributed by atoms with E-state index in [2.05, 4.69) is 16.9 Å². The molecule has 0 unspecified atom stereocenters. The van der Waals surface area contributed by atoms with E-state index in [1.54, 1.807) is 38.1 Å². The van der Waals surface area contributed by atoms with E-state index in [0.717, 1.165) is 15.8 Å². The lowest BCUT2D eigenvalue weighted by atomic mass is 9.99. The van der Waals surface area contributed by atoms with Gasteiger partial charge in [-0.15, -0.1) is 15.7 Å². The Morgan fingerprint density at radius 3 is 2.43 bits per heavy atom. The number of rotatable bonds is 6. The van der Waals surface area contributed by atoms with Crippen LogP contribution in [0.5, 0.6) is 0 Å². The molecule has 0 saturated carbocycles. The van der Waals surface area contributed by atoms with Crippen LogP contribution < -0.4 is 5.69 Å². The molecule has 152 valence electrons. The quantitative estimate of drug-likeness (QED) is 0.639. The molecular weight excluding hydrogens is 382 g/mol. The van der Waals surface area contributed by atoms with Gasteiger partial charge >= 0.3 is 11.7 Å². The van der Waals surface area contributed by atoms with Crippen LogP contribution in [0.2, 0.25) is 0 Å². The van der Waals surface area contributed by atoms with E-state index in [4.69, 9.17) is 0 Å². The van der Waals surface area contributed by atoms with Gasteiger partial charge in [0.15, 0.2) is 0 Å². The summed E-state index contributed by atoms with van der Waals surface area (Å²) in [6.07, 6.45) is 0.438.